The molecule has 0 radical (unpaired) electrons. The quantitative estimate of drug-likeness (QED) is 0.0174. The molecule has 0 saturated carbocycles. The van der Waals surface area contributed by atoms with Gasteiger partial charge in [0.1, 0.15) is 18.5 Å². The van der Waals surface area contributed by atoms with Crippen LogP contribution in [0.15, 0.2) is 43.9 Å². The molecule has 0 aliphatic carbocycles. The maximum absolute atomic E-state index is 12.6. The van der Waals surface area contributed by atoms with Crippen molar-refractivity contribution in [2.24, 2.45) is 25.7 Å². The van der Waals surface area contributed by atoms with E-state index in [1.54, 1.807) is 0 Å². The number of nitrogens with zero attached hydrogens (tertiary/aromatic N) is 5. The number of amidine groups is 2. The second-order valence-corrected chi connectivity index (χ2v) is 18.4. The molecule has 0 aromatic carbocycles. The summed E-state index contributed by atoms with van der Waals surface area (Å²) in [6.07, 6.45) is 4.10. The van der Waals surface area contributed by atoms with Gasteiger partial charge in [-0.15, -0.1) is 0 Å². The number of hydrogen-bond donors (Lipinski definition) is 7. The Morgan fingerprint density at radius 2 is 1.64 bits per heavy atom. The van der Waals surface area contributed by atoms with Crippen molar-refractivity contribution in [1.29, 1.82) is 0 Å². The predicted molar refractivity (Wildman–Crippen MR) is 190 cm³/mol. The minimum Gasteiger partial charge on any atom is -0.862 e. The Kier molecular flexibility index (Phi) is 27.3. The van der Waals surface area contributed by atoms with Gasteiger partial charge in [-0.2, -0.15) is 20.4 Å². The van der Waals surface area contributed by atoms with Crippen molar-refractivity contribution >= 4 is 59.1 Å². The molecule has 2 fully saturated rings. The van der Waals surface area contributed by atoms with E-state index in [1.807, 2.05) is 11.8 Å². The Balaban J connectivity index is 0.00000841. The fourth-order valence-electron chi connectivity index (χ4n) is 5.87. The third-order valence-electron chi connectivity index (χ3n) is 8.44. The van der Waals surface area contributed by atoms with Gasteiger partial charge in [0.2, 0.25) is 0 Å². The maximum atomic E-state index is 12.6. The molecular weight excluding hydrogens is 843 g/mol. The van der Waals surface area contributed by atoms with E-state index >= 15 is 0 Å². The van der Waals surface area contributed by atoms with Crippen LogP contribution in [0.1, 0.15) is 57.8 Å². The largest absolute Gasteiger partial charge is 1.00 e. The third-order valence-corrected chi connectivity index (χ3v) is 13.7. The molecular formula is C28H44Li4N7O16P3S. The minimum atomic E-state index is -5.75. The molecule has 6 unspecified atom stereocenters. The van der Waals surface area contributed by atoms with E-state index in [-0.39, 0.29) is 125 Å². The number of phosphoric ester groups is 1. The third kappa shape index (κ3) is 20.6. The molecule has 0 aromatic rings. The Hall–Kier alpha value is -0.0104. The van der Waals surface area contributed by atoms with Crippen LogP contribution in [0.2, 0.25) is 0 Å². The number of hydrogen-bond acceptors (Lipinski definition) is 20. The Morgan fingerprint density at radius 1 is 0.983 bits per heavy atom. The number of thioether (sulfide) groups is 1. The first-order chi connectivity index (χ1) is 25.8. The number of phosphoric acid groups is 3. The molecule has 0 bridgehead atoms. The molecule has 0 spiro atoms. The van der Waals surface area contributed by atoms with E-state index in [0.29, 0.717) is 43.1 Å². The standard InChI is InChI=1S/C28H48N7O16P3S.4Li/c29-26-17(14-35(28(40)34-26)24-13-19(36)20(49-24)15-48-53(44,45)51-54(46,47)50-52(41,42)43)7-6-12-31-22(37)9-2-1-5-11-30-23(38)10-4-3-8-21-25-18(16-55-21)32-27(39)33-25;;;;/h6-7,14,18-21,24-26,36H,1-5,8-13,15-16,29H2,(H,30,38)(H,31,37)(H,34,40)(H,44,45)(H,46,47)(H2,32,33,39)(H2,41,42,43);;;;/q;4*+1/p-4/b7-6+;;;;/t18-,19?,20?,21-,24?,25-,26?;;;;/m0..../s1. The molecule has 8 N–H and O–H groups in total. The Labute approximate surface area is 393 Å². The number of rotatable bonds is 22. The van der Waals surface area contributed by atoms with Gasteiger partial charge in [-0.25, -0.2) is 13.7 Å². The van der Waals surface area contributed by atoms with Crippen LogP contribution in [0.5, 0.6) is 0 Å². The van der Waals surface area contributed by atoms with Crippen molar-refractivity contribution in [2.75, 3.05) is 25.4 Å². The summed E-state index contributed by atoms with van der Waals surface area (Å²) in [7, 11) is -16.8. The monoisotopic (exact) mass is 887 g/mol. The fourth-order valence-corrected chi connectivity index (χ4v) is 10.4. The fraction of sp³-hybridized carbons (Fsp3) is 0.714. The van der Waals surface area contributed by atoms with Gasteiger partial charge in [-0.05, 0) is 50.3 Å². The summed E-state index contributed by atoms with van der Waals surface area (Å²) in [5.74, 6) is 0.402. The molecule has 31 heteroatoms. The number of aliphatic imine (C=N–C) groups is 4. The van der Waals surface area contributed by atoms with Crippen LogP contribution in [-0.2, 0) is 31.6 Å². The van der Waals surface area contributed by atoms with Crippen LogP contribution < -0.4 is 107 Å². The second-order valence-electron chi connectivity index (χ2n) is 12.7. The maximum Gasteiger partial charge on any atom is 1.00 e. The topological polar surface area (TPSA) is 372 Å². The van der Waals surface area contributed by atoms with Crippen LogP contribution in [0.25, 0.3) is 0 Å². The Bertz CT molecular complexity index is 1680. The summed E-state index contributed by atoms with van der Waals surface area (Å²) in [5, 5.41) is 61.8. The van der Waals surface area contributed by atoms with Crippen LogP contribution in [-0.4, -0.2) is 121 Å². The first-order valence-corrected chi connectivity index (χ1v) is 22.7. The molecule has 4 aliphatic heterocycles. The van der Waals surface area contributed by atoms with Gasteiger partial charge in [0.05, 0.1) is 37.4 Å². The number of ether oxygens (including phenoxy) is 1. The zero-order valence-electron chi connectivity index (χ0n) is 33.3. The van der Waals surface area contributed by atoms with E-state index in [2.05, 4.69) is 38.4 Å². The number of aliphatic hydroxyl groups excluding tert-OH is 1. The molecule has 4 aliphatic rings. The number of nitrogens with two attached hydrogens (primary N) is 1. The van der Waals surface area contributed by atoms with E-state index in [4.69, 9.17) is 20.3 Å². The molecule has 9 atom stereocenters. The number of aliphatic hydroxyl groups is 1. The van der Waals surface area contributed by atoms with Crippen LogP contribution in [0.3, 0.4) is 0 Å². The van der Waals surface area contributed by atoms with Crippen LogP contribution >= 0.6 is 35.2 Å². The van der Waals surface area contributed by atoms with Crippen molar-refractivity contribution < 1.29 is 152 Å². The van der Waals surface area contributed by atoms with Gasteiger partial charge in [0, 0.05) is 41.8 Å². The van der Waals surface area contributed by atoms with Gasteiger partial charge in [-0.1, -0.05) is 25.0 Å². The molecule has 4 rings (SSSR count). The van der Waals surface area contributed by atoms with Crippen molar-refractivity contribution in [3.8, 4) is 0 Å². The Morgan fingerprint density at radius 3 is 2.32 bits per heavy atom. The first-order valence-electron chi connectivity index (χ1n) is 17.1. The number of fused-ring (bicyclic) bond motifs is 1. The van der Waals surface area contributed by atoms with Crippen LogP contribution in [0.4, 0.5) is 0 Å². The molecule has 0 aromatic heterocycles. The summed E-state index contributed by atoms with van der Waals surface area (Å²) in [4.78, 5) is 53.2. The van der Waals surface area contributed by atoms with Crippen molar-refractivity contribution in [3.05, 3.63) is 23.9 Å². The molecule has 4 heterocycles. The van der Waals surface area contributed by atoms with Gasteiger partial charge in [-0.3, -0.25) is 14.5 Å². The van der Waals surface area contributed by atoms with Gasteiger partial charge < -0.3 is 75.8 Å². The molecule has 312 valence electrons. The molecule has 2 saturated heterocycles. The molecule has 23 nitrogen and oxygen atoms in total. The van der Waals surface area contributed by atoms with Gasteiger partial charge >= 0.3 is 98.9 Å². The normalized spacial score (nSPS) is 27.7. The van der Waals surface area contributed by atoms with E-state index in [9.17, 15) is 49.0 Å². The summed E-state index contributed by atoms with van der Waals surface area (Å²) >= 11 is 1.81. The van der Waals surface area contributed by atoms with Gasteiger partial charge in [0.25, 0.3) is 0 Å². The van der Waals surface area contributed by atoms with E-state index in [0.717, 1.165) is 29.9 Å². The zero-order valence-corrected chi connectivity index (χ0v) is 36.8. The van der Waals surface area contributed by atoms with Crippen LogP contribution in [0, 0.1) is 0 Å². The van der Waals surface area contributed by atoms with Gasteiger partial charge in [0.15, 0.2) is 0 Å². The average molecular weight is 887 g/mol. The van der Waals surface area contributed by atoms with Crippen molar-refractivity contribution in [2.45, 2.75) is 99.7 Å². The number of nitrogens with one attached hydrogen (secondary N) is 1. The minimum absolute atomic E-state index is 0. The van der Waals surface area contributed by atoms with E-state index < -0.39 is 60.7 Å². The second kappa shape index (κ2) is 27.3. The van der Waals surface area contributed by atoms with E-state index in [1.165, 1.54) is 18.4 Å². The average Bonchev–Trinajstić information content (AvgIpc) is 3.74. The zero-order chi connectivity index (χ0) is 40.4. The summed E-state index contributed by atoms with van der Waals surface area (Å²) < 4.78 is 51.6. The summed E-state index contributed by atoms with van der Waals surface area (Å²) in [6, 6.07) is -0.912. The predicted octanol–water partition coefficient (Wildman–Crippen LogP) is -14.6. The van der Waals surface area contributed by atoms with Crippen molar-refractivity contribution in [1.82, 2.24) is 10.2 Å². The summed E-state index contributed by atoms with van der Waals surface area (Å²) in [6.45, 7) is -0.536. The first kappa shape index (κ1) is 59.0. The smallest absolute Gasteiger partial charge is 0.862 e. The number of unbranched alkanes of at least 4 members (excludes halogenated alkanes) is 3. The summed E-state index contributed by atoms with van der Waals surface area (Å²) in [5.41, 5.74) is 6.26. The molecule has 0 amide bonds. The molecule has 59 heavy (non-hydrogen) atoms. The van der Waals surface area contributed by atoms with Crippen molar-refractivity contribution in [3.63, 3.8) is 0 Å². The SMILES string of the molecule is NC1N=C([O-])N(C2CC(O)C(COP(=O)(O)OP(=O)(O)OP(=O)(O)O)O2)C=C1/C=C/CN=C([O-])CCCCCN=C([O-])CCCC[C@@H]1SC[C@@H]2NC([O-])=N[C@@H]21.[Li+].[Li+].[Li+].[Li+].